The minimum atomic E-state index is -1.49. The van der Waals surface area contributed by atoms with Crippen LogP contribution >= 0.6 is 0 Å². The molecule has 256 valence electrons. The standard InChI is InChI=1S/C39H70O5/c1-3-5-7-9-11-13-15-17-19-21-23-25-27-29-31-33-36(40)39(43)37(41)35-44-38(42)34-32-30-28-26-24-22-20-18-16-14-12-10-8-6-4-2/h11,13,17-20,37,39,41,43H,3-10,12,14-16,21-35H2,1-2H3/b13-11-,19-17-,20-18-/t37-,39?/m0/s1. The molecule has 0 spiro atoms. The van der Waals surface area contributed by atoms with Crippen molar-refractivity contribution in [2.24, 2.45) is 0 Å². The van der Waals surface area contributed by atoms with E-state index in [9.17, 15) is 19.8 Å². The Hall–Kier alpha value is -1.72. The first kappa shape index (κ1) is 42.3. The van der Waals surface area contributed by atoms with Crippen molar-refractivity contribution in [2.45, 2.75) is 193 Å². The van der Waals surface area contributed by atoms with E-state index in [1.54, 1.807) is 0 Å². The summed E-state index contributed by atoms with van der Waals surface area (Å²) in [4.78, 5) is 24.2. The molecule has 5 heteroatoms. The number of rotatable bonds is 33. The van der Waals surface area contributed by atoms with Gasteiger partial charge in [0, 0.05) is 12.8 Å². The molecule has 0 saturated carbocycles. The Labute approximate surface area is 272 Å². The van der Waals surface area contributed by atoms with Gasteiger partial charge in [-0.15, -0.1) is 0 Å². The summed E-state index contributed by atoms with van der Waals surface area (Å²) in [6, 6.07) is 0. The third-order valence-corrected chi connectivity index (χ3v) is 8.13. The van der Waals surface area contributed by atoms with Gasteiger partial charge in [-0.1, -0.05) is 134 Å². The Morgan fingerprint density at radius 2 is 0.909 bits per heavy atom. The molecule has 0 aromatic rings. The highest BCUT2D eigenvalue weighted by atomic mass is 16.5. The SMILES string of the molecule is CCCCC/C=C\C/C=C\CCCCCCCC(=O)C(O)[C@@H](O)COC(=O)CCCCCCC/C=C\CCCCCCCC. The van der Waals surface area contributed by atoms with Crippen molar-refractivity contribution in [3.8, 4) is 0 Å². The zero-order valence-corrected chi connectivity index (χ0v) is 28.8. The lowest BCUT2D eigenvalue weighted by Crippen LogP contribution is -2.37. The molecule has 0 aliphatic carbocycles. The average molecular weight is 619 g/mol. The van der Waals surface area contributed by atoms with Crippen LogP contribution in [0.3, 0.4) is 0 Å². The number of aliphatic hydroxyl groups excluding tert-OH is 2. The van der Waals surface area contributed by atoms with E-state index < -0.39 is 12.2 Å². The molecule has 0 aliphatic heterocycles. The summed E-state index contributed by atoms with van der Waals surface area (Å²) in [6.07, 6.45) is 39.1. The van der Waals surface area contributed by atoms with Gasteiger partial charge in [-0.25, -0.2) is 0 Å². The second-order valence-electron chi connectivity index (χ2n) is 12.5. The van der Waals surface area contributed by atoms with E-state index in [0.717, 1.165) is 70.6 Å². The first-order valence-corrected chi connectivity index (χ1v) is 18.5. The quantitative estimate of drug-likeness (QED) is 0.0434. The van der Waals surface area contributed by atoms with Crippen molar-refractivity contribution in [3.05, 3.63) is 36.5 Å². The smallest absolute Gasteiger partial charge is 0.305 e. The number of ether oxygens (including phenoxy) is 1. The number of ketones is 1. The van der Waals surface area contributed by atoms with Crippen LogP contribution < -0.4 is 0 Å². The van der Waals surface area contributed by atoms with Gasteiger partial charge in [0.2, 0.25) is 0 Å². The van der Waals surface area contributed by atoms with Crippen LogP contribution in [0.25, 0.3) is 0 Å². The van der Waals surface area contributed by atoms with Gasteiger partial charge in [0.15, 0.2) is 5.78 Å². The normalized spacial score (nSPS) is 13.4. The minimum Gasteiger partial charge on any atom is -0.463 e. The molecular weight excluding hydrogens is 548 g/mol. The van der Waals surface area contributed by atoms with E-state index in [1.165, 1.54) is 77.0 Å². The zero-order valence-electron chi connectivity index (χ0n) is 28.8. The maximum Gasteiger partial charge on any atom is 0.305 e. The molecule has 0 saturated heterocycles. The van der Waals surface area contributed by atoms with Crippen LogP contribution in [0.15, 0.2) is 36.5 Å². The lowest BCUT2D eigenvalue weighted by molar-refractivity contribution is -0.152. The van der Waals surface area contributed by atoms with Crippen molar-refractivity contribution in [3.63, 3.8) is 0 Å². The lowest BCUT2D eigenvalue weighted by atomic mass is 10.0. The summed E-state index contributed by atoms with van der Waals surface area (Å²) in [5.74, 6) is -0.758. The third kappa shape index (κ3) is 30.3. The number of aliphatic hydroxyl groups is 2. The van der Waals surface area contributed by atoms with Crippen LogP contribution in [0, 0.1) is 0 Å². The molecule has 0 radical (unpaired) electrons. The van der Waals surface area contributed by atoms with Crippen LogP contribution in [0.4, 0.5) is 0 Å². The van der Waals surface area contributed by atoms with Gasteiger partial charge in [0.05, 0.1) is 0 Å². The molecule has 0 rings (SSSR count). The summed E-state index contributed by atoms with van der Waals surface area (Å²) in [5, 5.41) is 20.2. The first-order valence-electron chi connectivity index (χ1n) is 18.5. The average Bonchev–Trinajstić information content (AvgIpc) is 3.03. The van der Waals surface area contributed by atoms with Crippen molar-refractivity contribution in [1.29, 1.82) is 0 Å². The second kappa shape index (κ2) is 34.2. The van der Waals surface area contributed by atoms with E-state index in [1.807, 2.05) is 0 Å². The number of carbonyl (C=O) groups is 2. The van der Waals surface area contributed by atoms with Crippen molar-refractivity contribution in [1.82, 2.24) is 0 Å². The van der Waals surface area contributed by atoms with Gasteiger partial charge in [0.1, 0.15) is 18.8 Å². The Morgan fingerprint density at radius 3 is 1.43 bits per heavy atom. The van der Waals surface area contributed by atoms with E-state index in [-0.39, 0.29) is 24.8 Å². The largest absolute Gasteiger partial charge is 0.463 e. The third-order valence-electron chi connectivity index (χ3n) is 8.13. The van der Waals surface area contributed by atoms with Crippen LogP contribution in [0.1, 0.15) is 181 Å². The zero-order chi connectivity index (χ0) is 32.4. The van der Waals surface area contributed by atoms with E-state index >= 15 is 0 Å². The number of unbranched alkanes of at least 4 members (excludes halogenated alkanes) is 19. The molecule has 2 N–H and O–H groups in total. The minimum absolute atomic E-state index is 0.242. The number of hydrogen-bond donors (Lipinski definition) is 2. The van der Waals surface area contributed by atoms with Crippen molar-refractivity contribution in [2.75, 3.05) is 6.61 Å². The molecular formula is C39H70O5. The van der Waals surface area contributed by atoms with Gasteiger partial charge in [-0.05, 0) is 70.6 Å². The Balaban J connectivity index is 3.62. The molecule has 0 fully saturated rings. The van der Waals surface area contributed by atoms with E-state index in [4.69, 9.17) is 4.74 Å². The Kier molecular flexibility index (Phi) is 32.8. The summed E-state index contributed by atoms with van der Waals surface area (Å²) >= 11 is 0. The monoisotopic (exact) mass is 619 g/mol. The Bertz CT molecular complexity index is 726. The fourth-order valence-electron chi connectivity index (χ4n) is 5.15. The second-order valence-corrected chi connectivity index (χ2v) is 12.5. The molecule has 5 nitrogen and oxygen atoms in total. The van der Waals surface area contributed by atoms with Crippen LogP contribution in [-0.4, -0.2) is 40.8 Å². The molecule has 0 aromatic carbocycles. The summed E-state index contributed by atoms with van der Waals surface area (Å²) < 4.78 is 5.11. The van der Waals surface area contributed by atoms with Gasteiger partial charge in [0.25, 0.3) is 0 Å². The number of carbonyl (C=O) groups excluding carboxylic acids is 2. The fourth-order valence-corrected chi connectivity index (χ4v) is 5.15. The van der Waals surface area contributed by atoms with Crippen LogP contribution in [-0.2, 0) is 14.3 Å². The molecule has 1 unspecified atom stereocenters. The fraction of sp³-hybridized carbons (Fsp3) is 0.795. The molecule has 0 aromatic heterocycles. The predicted octanol–water partition coefficient (Wildman–Crippen LogP) is 10.7. The number of hydrogen-bond acceptors (Lipinski definition) is 5. The molecule has 0 aliphatic rings. The van der Waals surface area contributed by atoms with E-state index in [0.29, 0.717) is 12.8 Å². The van der Waals surface area contributed by atoms with Crippen LogP contribution in [0.5, 0.6) is 0 Å². The highest BCUT2D eigenvalue weighted by molar-refractivity contribution is 5.83. The summed E-state index contributed by atoms with van der Waals surface area (Å²) in [7, 11) is 0. The highest BCUT2D eigenvalue weighted by Crippen LogP contribution is 2.12. The maximum atomic E-state index is 12.2. The van der Waals surface area contributed by atoms with Crippen molar-refractivity contribution < 1.29 is 24.5 Å². The first-order chi connectivity index (χ1) is 21.5. The molecule has 2 atom stereocenters. The van der Waals surface area contributed by atoms with E-state index in [2.05, 4.69) is 50.3 Å². The number of esters is 1. The lowest BCUT2D eigenvalue weighted by Gasteiger charge is -2.16. The van der Waals surface area contributed by atoms with Crippen LogP contribution in [0.2, 0.25) is 0 Å². The predicted molar refractivity (Wildman–Crippen MR) is 187 cm³/mol. The topological polar surface area (TPSA) is 83.8 Å². The number of Topliss-reactive ketones (excluding diaryl/α,β-unsaturated/α-hetero) is 1. The maximum absolute atomic E-state index is 12.2. The molecule has 0 amide bonds. The van der Waals surface area contributed by atoms with Crippen molar-refractivity contribution >= 4 is 11.8 Å². The molecule has 0 bridgehead atoms. The molecule has 0 heterocycles. The summed E-state index contributed by atoms with van der Waals surface area (Å²) in [6.45, 7) is 4.15. The number of allylic oxidation sites excluding steroid dienone is 6. The molecule has 44 heavy (non-hydrogen) atoms. The van der Waals surface area contributed by atoms with Gasteiger partial charge in [-0.3, -0.25) is 9.59 Å². The van der Waals surface area contributed by atoms with Gasteiger partial charge in [-0.2, -0.15) is 0 Å². The highest BCUT2D eigenvalue weighted by Gasteiger charge is 2.24. The Morgan fingerprint density at radius 1 is 0.523 bits per heavy atom. The van der Waals surface area contributed by atoms with Gasteiger partial charge < -0.3 is 14.9 Å². The van der Waals surface area contributed by atoms with Gasteiger partial charge >= 0.3 is 5.97 Å². The summed E-state index contributed by atoms with van der Waals surface area (Å²) in [5.41, 5.74) is 0.